The van der Waals surface area contributed by atoms with Gasteiger partial charge in [0.1, 0.15) is 12.6 Å². The van der Waals surface area contributed by atoms with E-state index in [1.807, 2.05) is 54.8 Å². The fraction of sp³-hybridized carbons (Fsp3) is 0.261. The summed E-state index contributed by atoms with van der Waals surface area (Å²) in [5, 5.41) is 21.0. The van der Waals surface area contributed by atoms with Crippen LogP contribution in [0.4, 0.5) is 10.6 Å². The second kappa shape index (κ2) is 10.4. The zero-order chi connectivity index (χ0) is 24.1. The molecule has 3 aromatic rings. The van der Waals surface area contributed by atoms with Gasteiger partial charge >= 0.3 is 12.1 Å². The van der Waals surface area contributed by atoms with Gasteiger partial charge in [0.2, 0.25) is 11.5 Å². The fourth-order valence-electron chi connectivity index (χ4n) is 3.87. The van der Waals surface area contributed by atoms with E-state index in [9.17, 15) is 19.5 Å². The molecule has 2 aromatic carbocycles. The highest BCUT2D eigenvalue weighted by Gasteiger charge is 2.30. The number of nitrogens with one attached hydrogen (secondary N) is 2. The number of nitrogens with zero attached hydrogens (tertiary/aromatic N) is 2. The largest absolute Gasteiger partial charge is 0.480 e. The Morgan fingerprint density at radius 2 is 1.74 bits per heavy atom. The summed E-state index contributed by atoms with van der Waals surface area (Å²) < 4.78 is 10.0. The Morgan fingerprint density at radius 1 is 1.09 bits per heavy atom. The Kier molecular flexibility index (Phi) is 7.12. The van der Waals surface area contributed by atoms with Gasteiger partial charge in [-0.25, -0.2) is 14.2 Å². The predicted molar refractivity (Wildman–Crippen MR) is 125 cm³/mol. The second-order valence-electron chi connectivity index (χ2n) is 7.56. The standard InChI is InChI=1S/C23H22N4O6S/c1-34-11-10-18(22(29)30)24-21(28)19-20(27-33-26-19)25-23(31)32-12-17-15-8-4-2-6-13(15)14-7-3-5-9-16(14)17/h2-9,17-18H,10-12H2,1H3,(H,24,28)(H,29,30)(H,25,27,31)/t18-/m0/s1. The Hall–Kier alpha value is -3.86. The summed E-state index contributed by atoms with van der Waals surface area (Å²) >= 11 is 1.46. The molecule has 2 amide bonds. The summed E-state index contributed by atoms with van der Waals surface area (Å²) in [5.74, 6) is -1.86. The number of fused-ring (bicyclic) bond motifs is 3. The summed E-state index contributed by atoms with van der Waals surface area (Å²) in [5.41, 5.74) is 3.97. The van der Waals surface area contributed by atoms with E-state index in [-0.39, 0.29) is 30.5 Å². The molecule has 1 aliphatic carbocycles. The van der Waals surface area contributed by atoms with Gasteiger partial charge in [-0.1, -0.05) is 48.5 Å². The Balaban J connectivity index is 1.40. The lowest BCUT2D eigenvalue weighted by atomic mass is 9.98. The second-order valence-corrected chi connectivity index (χ2v) is 8.54. The molecule has 176 valence electrons. The molecule has 1 heterocycles. The number of anilines is 1. The fourth-order valence-corrected chi connectivity index (χ4v) is 4.34. The third-order valence-corrected chi connectivity index (χ3v) is 6.13. The maximum Gasteiger partial charge on any atom is 0.412 e. The summed E-state index contributed by atoms with van der Waals surface area (Å²) in [4.78, 5) is 36.3. The van der Waals surface area contributed by atoms with Crippen LogP contribution >= 0.6 is 11.8 Å². The van der Waals surface area contributed by atoms with Gasteiger partial charge < -0.3 is 15.2 Å². The van der Waals surface area contributed by atoms with Crippen molar-refractivity contribution in [2.24, 2.45) is 0 Å². The van der Waals surface area contributed by atoms with Crippen molar-refractivity contribution in [2.75, 3.05) is 23.9 Å². The lowest BCUT2D eigenvalue weighted by Crippen LogP contribution is -2.41. The van der Waals surface area contributed by atoms with Gasteiger partial charge in [0, 0.05) is 5.92 Å². The SMILES string of the molecule is CSCC[C@H](NC(=O)c1nonc1NC(=O)OCC1c2ccccc2-c2ccccc21)C(=O)O. The molecule has 0 spiro atoms. The van der Waals surface area contributed by atoms with Crippen LogP contribution in [0.5, 0.6) is 0 Å². The third kappa shape index (κ3) is 4.88. The number of amides is 2. The molecule has 0 fully saturated rings. The molecule has 34 heavy (non-hydrogen) atoms. The van der Waals surface area contributed by atoms with E-state index in [0.29, 0.717) is 5.75 Å². The average molecular weight is 483 g/mol. The maximum atomic E-state index is 12.5. The summed E-state index contributed by atoms with van der Waals surface area (Å²) in [7, 11) is 0. The highest BCUT2D eigenvalue weighted by atomic mass is 32.2. The van der Waals surface area contributed by atoms with Crippen LogP contribution in [-0.4, -0.2) is 58.0 Å². The smallest absolute Gasteiger partial charge is 0.412 e. The zero-order valence-electron chi connectivity index (χ0n) is 18.2. The lowest BCUT2D eigenvalue weighted by Gasteiger charge is -2.14. The Bertz CT molecular complexity index is 1170. The molecule has 0 aliphatic heterocycles. The van der Waals surface area contributed by atoms with Crippen molar-refractivity contribution in [3.05, 3.63) is 65.4 Å². The van der Waals surface area contributed by atoms with E-state index in [1.54, 1.807) is 0 Å². The van der Waals surface area contributed by atoms with E-state index in [0.717, 1.165) is 22.3 Å². The molecule has 11 heteroatoms. The average Bonchev–Trinajstić information content (AvgIpc) is 3.42. The first-order valence-electron chi connectivity index (χ1n) is 10.5. The third-order valence-electron chi connectivity index (χ3n) is 5.48. The van der Waals surface area contributed by atoms with Crippen LogP contribution in [0.15, 0.2) is 53.2 Å². The van der Waals surface area contributed by atoms with Crippen LogP contribution in [0.2, 0.25) is 0 Å². The summed E-state index contributed by atoms with van der Waals surface area (Å²) in [6.07, 6.45) is 1.21. The molecule has 10 nitrogen and oxygen atoms in total. The minimum atomic E-state index is -1.18. The van der Waals surface area contributed by atoms with Crippen molar-refractivity contribution in [1.82, 2.24) is 15.6 Å². The van der Waals surface area contributed by atoms with Gasteiger partial charge in [-0.05, 0) is 51.0 Å². The van der Waals surface area contributed by atoms with Crippen LogP contribution in [-0.2, 0) is 9.53 Å². The van der Waals surface area contributed by atoms with Gasteiger partial charge in [-0.15, -0.1) is 0 Å². The number of thioether (sulfide) groups is 1. The molecule has 3 N–H and O–H groups in total. The van der Waals surface area contributed by atoms with Gasteiger partial charge in [0.05, 0.1) is 0 Å². The van der Waals surface area contributed by atoms with Gasteiger partial charge in [-0.2, -0.15) is 11.8 Å². The molecule has 0 bridgehead atoms. The van der Waals surface area contributed by atoms with Crippen molar-refractivity contribution < 1.29 is 28.9 Å². The molecule has 0 unspecified atom stereocenters. The number of rotatable bonds is 9. The first-order valence-corrected chi connectivity index (χ1v) is 11.9. The van der Waals surface area contributed by atoms with Crippen molar-refractivity contribution in [3.63, 3.8) is 0 Å². The van der Waals surface area contributed by atoms with Crippen LogP contribution < -0.4 is 10.6 Å². The summed E-state index contributed by atoms with van der Waals surface area (Å²) in [6.45, 7) is 0.0719. The van der Waals surface area contributed by atoms with Gasteiger partial charge in [-0.3, -0.25) is 10.1 Å². The molecular formula is C23H22N4O6S. The van der Waals surface area contributed by atoms with Crippen molar-refractivity contribution in [1.29, 1.82) is 0 Å². The van der Waals surface area contributed by atoms with Gasteiger partial charge in [0.25, 0.3) is 5.91 Å². The number of aromatic nitrogens is 2. The quantitative estimate of drug-likeness (QED) is 0.418. The van der Waals surface area contributed by atoms with E-state index in [1.165, 1.54) is 11.8 Å². The van der Waals surface area contributed by atoms with E-state index in [4.69, 9.17) is 4.74 Å². The first kappa shape index (κ1) is 23.3. The van der Waals surface area contributed by atoms with E-state index in [2.05, 4.69) is 25.6 Å². The summed E-state index contributed by atoms with van der Waals surface area (Å²) in [6, 6.07) is 14.8. The highest BCUT2D eigenvalue weighted by Crippen LogP contribution is 2.44. The number of carbonyl (C=O) groups excluding carboxylic acids is 2. The van der Waals surface area contributed by atoms with Crippen molar-refractivity contribution in [3.8, 4) is 11.1 Å². The molecule has 4 rings (SSSR count). The normalized spacial score (nSPS) is 13.0. The number of carboxylic acids is 1. The molecular weight excluding hydrogens is 460 g/mol. The van der Waals surface area contributed by atoms with Crippen LogP contribution in [0.25, 0.3) is 11.1 Å². The van der Waals surface area contributed by atoms with Crippen molar-refractivity contribution >= 4 is 35.5 Å². The minimum Gasteiger partial charge on any atom is -0.480 e. The zero-order valence-corrected chi connectivity index (χ0v) is 19.0. The monoisotopic (exact) mass is 482 g/mol. The first-order chi connectivity index (χ1) is 16.5. The number of hydrogen-bond donors (Lipinski definition) is 3. The number of ether oxygens (including phenoxy) is 1. The number of hydrogen-bond acceptors (Lipinski definition) is 8. The Labute approximate surface area is 199 Å². The molecule has 0 saturated heterocycles. The maximum absolute atomic E-state index is 12.5. The van der Waals surface area contributed by atoms with Crippen LogP contribution in [0.1, 0.15) is 34.0 Å². The highest BCUT2D eigenvalue weighted by molar-refractivity contribution is 7.98. The molecule has 1 atom stereocenters. The van der Waals surface area contributed by atoms with E-state index >= 15 is 0 Å². The molecule has 1 aliphatic rings. The van der Waals surface area contributed by atoms with Crippen molar-refractivity contribution in [2.45, 2.75) is 18.4 Å². The predicted octanol–water partition coefficient (Wildman–Crippen LogP) is 3.37. The number of benzene rings is 2. The van der Waals surface area contributed by atoms with Gasteiger partial charge in [0.15, 0.2) is 0 Å². The van der Waals surface area contributed by atoms with Crippen LogP contribution in [0.3, 0.4) is 0 Å². The minimum absolute atomic E-state index is 0.0719. The molecule has 0 saturated carbocycles. The number of aliphatic carboxylic acids is 1. The van der Waals surface area contributed by atoms with Crippen LogP contribution in [0, 0.1) is 0 Å². The molecule has 0 radical (unpaired) electrons. The lowest BCUT2D eigenvalue weighted by molar-refractivity contribution is -0.139. The number of carbonyl (C=O) groups is 3. The topological polar surface area (TPSA) is 144 Å². The van der Waals surface area contributed by atoms with E-state index < -0.39 is 24.0 Å². The number of carboxylic acid groups (broad SMARTS) is 1. The molecule has 1 aromatic heterocycles. The Morgan fingerprint density at radius 3 is 2.35 bits per heavy atom.